The molecule has 4 aromatic rings. The molecule has 2 unspecified atom stereocenters. The molecule has 0 radical (unpaired) electrons. The summed E-state index contributed by atoms with van der Waals surface area (Å²) in [7, 11) is -6.93. The van der Waals surface area contributed by atoms with Gasteiger partial charge in [0.2, 0.25) is 19.7 Å². The van der Waals surface area contributed by atoms with Crippen LogP contribution in [-0.4, -0.2) is 54.6 Å². The molecule has 252 valence electrons. The number of hydrogen-bond donors (Lipinski definition) is 4. The van der Waals surface area contributed by atoms with Crippen molar-refractivity contribution in [2.45, 2.75) is 82.7 Å². The molecule has 2 saturated heterocycles. The van der Waals surface area contributed by atoms with Gasteiger partial charge >= 0.3 is 0 Å². The Balaban J connectivity index is 0.000000152. The number of sulfone groups is 2. The second-order valence-corrected chi connectivity index (χ2v) is 17.5. The number of benzene rings is 4. The van der Waals surface area contributed by atoms with E-state index >= 15 is 0 Å². The summed E-state index contributed by atoms with van der Waals surface area (Å²) in [6.45, 7) is 7.40. The van der Waals surface area contributed by atoms with Gasteiger partial charge in [0, 0.05) is 41.3 Å². The van der Waals surface area contributed by atoms with Crippen LogP contribution in [0.2, 0.25) is 0 Å². The fourth-order valence-electron chi connectivity index (χ4n) is 7.87. The fourth-order valence-corrected chi connectivity index (χ4v) is 10.5. The van der Waals surface area contributed by atoms with Crippen LogP contribution in [0.5, 0.6) is 0 Å². The van der Waals surface area contributed by atoms with Crippen LogP contribution in [0.25, 0.3) is 0 Å². The van der Waals surface area contributed by atoms with Gasteiger partial charge in [-0.2, -0.15) is 0 Å². The predicted octanol–water partition coefficient (Wildman–Crippen LogP) is 6.20. The van der Waals surface area contributed by atoms with Crippen LogP contribution < -0.4 is 21.3 Å². The Labute approximate surface area is 284 Å². The molecule has 0 saturated carbocycles. The molecule has 0 aromatic heterocycles. The van der Waals surface area contributed by atoms with E-state index in [1.807, 2.05) is 36.4 Å². The van der Waals surface area contributed by atoms with Crippen molar-refractivity contribution in [2.75, 3.05) is 30.3 Å². The van der Waals surface area contributed by atoms with Gasteiger partial charge in [-0.3, -0.25) is 0 Å². The van der Waals surface area contributed by atoms with Crippen LogP contribution in [0.3, 0.4) is 0 Å². The number of nitrogens with one attached hydrogen (secondary N) is 4. The van der Waals surface area contributed by atoms with Gasteiger partial charge in [-0.1, -0.05) is 43.3 Å². The van der Waals surface area contributed by atoms with Crippen molar-refractivity contribution in [1.82, 2.24) is 10.6 Å². The Bertz CT molecular complexity index is 1990. The molecular formula is C38H44N4O4S2. The summed E-state index contributed by atoms with van der Waals surface area (Å²) in [6, 6.07) is 29.6. The van der Waals surface area contributed by atoms with E-state index in [0.717, 1.165) is 61.4 Å². The van der Waals surface area contributed by atoms with Crippen LogP contribution in [0.15, 0.2) is 117 Å². The molecule has 4 aromatic carbocycles. The largest absolute Gasteiger partial charge is 0.381 e. The predicted molar refractivity (Wildman–Crippen MR) is 190 cm³/mol. The monoisotopic (exact) mass is 684 g/mol. The van der Waals surface area contributed by atoms with Gasteiger partial charge in [0.15, 0.2) is 0 Å². The lowest BCUT2D eigenvalue weighted by Gasteiger charge is -2.22. The quantitative estimate of drug-likeness (QED) is 0.201. The first-order valence-electron chi connectivity index (χ1n) is 17.0. The summed E-state index contributed by atoms with van der Waals surface area (Å²) < 4.78 is 51.5. The molecule has 8 rings (SSSR count). The average molecular weight is 685 g/mol. The van der Waals surface area contributed by atoms with Crippen LogP contribution in [-0.2, 0) is 19.7 Å². The minimum Gasteiger partial charge on any atom is -0.381 e. The van der Waals surface area contributed by atoms with Crippen molar-refractivity contribution in [2.24, 2.45) is 5.92 Å². The zero-order chi connectivity index (χ0) is 33.5. The van der Waals surface area contributed by atoms with E-state index in [9.17, 15) is 16.8 Å². The summed E-state index contributed by atoms with van der Waals surface area (Å²) in [5.74, 6) is 1.26. The van der Waals surface area contributed by atoms with Crippen molar-refractivity contribution >= 4 is 31.0 Å². The maximum Gasteiger partial charge on any atom is 0.206 e. The topological polar surface area (TPSA) is 116 Å². The van der Waals surface area contributed by atoms with E-state index in [1.165, 1.54) is 0 Å². The molecule has 0 spiro atoms. The second kappa shape index (κ2) is 13.3. The smallest absolute Gasteiger partial charge is 0.206 e. The molecular weight excluding hydrogens is 641 g/mol. The maximum atomic E-state index is 12.9. The highest BCUT2D eigenvalue weighted by Crippen LogP contribution is 2.44. The summed E-state index contributed by atoms with van der Waals surface area (Å²) in [5, 5.41) is 14.2. The minimum absolute atomic E-state index is 0.350. The van der Waals surface area contributed by atoms with Crippen molar-refractivity contribution in [1.29, 1.82) is 0 Å². The first-order chi connectivity index (χ1) is 23.1. The van der Waals surface area contributed by atoms with E-state index in [4.69, 9.17) is 0 Å². The Morgan fingerprint density at radius 2 is 1.15 bits per heavy atom. The molecule has 0 aliphatic carbocycles. The Kier molecular flexibility index (Phi) is 9.10. The van der Waals surface area contributed by atoms with Crippen LogP contribution in [0, 0.1) is 5.92 Å². The Hall–Kier alpha value is -3.70. The zero-order valence-corrected chi connectivity index (χ0v) is 29.0. The van der Waals surface area contributed by atoms with Crippen molar-refractivity contribution in [3.05, 3.63) is 108 Å². The van der Waals surface area contributed by atoms with Gasteiger partial charge in [-0.05, 0) is 124 Å². The summed E-state index contributed by atoms with van der Waals surface area (Å²) in [4.78, 5) is 1.48. The molecule has 8 nitrogen and oxygen atoms in total. The lowest BCUT2D eigenvalue weighted by atomic mass is 9.87. The van der Waals surface area contributed by atoms with E-state index in [2.05, 4.69) is 35.1 Å². The summed E-state index contributed by atoms with van der Waals surface area (Å²) in [5.41, 5.74) is 4.47. The van der Waals surface area contributed by atoms with Gasteiger partial charge in [-0.15, -0.1) is 0 Å². The highest BCUT2D eigenvalue weighted by Gasteiger charge is 2.38. The van der Waals surface area contributed by atoms with E-state index in [-0.39, 0.29) is 0 Å². The molecule has 4 aliphatic rings. The normalized spacial score (nSPS) is 26.1. The average Bonchev–Trinajstić information content (AvgIpc) is 3.50. The van der Waals surface area contributed by atoms with Crippen molar-refractivity contribution in [3.8, 4) is 0 Å². The van der Waals surface area contributed by atoms with E-state index in [1.54, 1.807) is 60.7 Å². The van der Waals surface area contributed by atoms with Gasteiger partial charge in [-0.25, -0.2) is 16.8 Å². The minimum atomic E-state index is -3.46. The van der Waals surface area contributed by atoms with Crippen LogP contribution in [0.1, 0.15) is 56.1 Å². The lowest BCUT2D eigenvalue weighted by Crippen LogP contribution is -2.31. The van der Waals surface area contributed by atoms with Crippen LogP contribution >= 0.6 is 0 Å². The van der Waals surface area contributed by atoms with E-state index in [0.29, 0.717) is 55.5 Å². The standard InChI is InChI=1S/2C19H22N2O2S/c1-13-12-20-10-9-16-17-11-15(7-8-18(17)21-19(13)16)24(22,23)14-5-3-2-4-6-14;1-13-11-19-16(9-10-20-13)17-12-15(7-8-18(17)21-19)24(22,23)14-5-3-2-4-6-14/h2-8,11,13,16,19-21H,9-10,12H2,1H3;2-8,12-13,16,19-21H,9-11H2,1H3/t13?,16-,19-;13?,16-,19+/m11/s1. The Morgan fingerprint density at radius 1 is 0.604 bits per heavy atom. The third-order valence-corrected chi connectivity index (χ3v) is 14.0. The summed E-state index contributed by atoms with van der Waals surface area (Å²) >= 11 is 0. The van der Waals surface area contributed by atoms with Gasteiger partial charge in [0.05, 0.1) is 19.6 Å². The third kappa shape index (κ3) is 6.27. The molecule has 0 amide bonds. The highest BCUT2D eigenvalue weighted by molar-refractivity contribution is 7.91. The first-order valence-corrected chi connectivity index (χ1v) is 19.9. The van der Waals surface area contributed by atoms with E-state index < -0.39 is 19.7 Å². The summed E-state index contributed by atoms with van der Waals surface area (Å²) in [6.07, 6.45) is 3.12. The SMILES string of the molecule is CC1CNCC[C@@H]2c3cc(S(=O)(=O)c4ccccc4)ccc3N[C@H]12.CC1C[C@@H]2Nc3ccc(S(=O)(=O)c4ccccc4)cc3[C@H]2CCN1. The van der Waals surface area contributed by atoms with Crippen LogP contribution in [0.4, 0.5) is 11.4 Å². The molecule has 4 heterocycles. The molecule has 4 aliphatic heterocycles. The Morgan fingerprint density at radius 3 is 1.75 bits per heavy atom. The molecule has 6 atom stereocenters. The first kappa shape index (κ1) is 32.8. The molecule has 4 N–H and O–H groups in total. The van der Waals surface area contributed by atoms with Gasteiger partial charge in [0.1, 0.15) is 0 Å². The number of fused-ring (bicyclic) bond motifs is 6. The fraction of sp³-hybridized carbons (Fsp3) is 0.368. The molecule has 10 heteroatoms. The molecule has 2 fully saturated rings. The lowest BCUT2D eigenvalue weighted by molar-refractivity contribution is 0.454. The van der Waals surface area contributed by atoms with Gasteiger partial charge < -0.3 is 21.3 Å². The molecule has 48 heavy (non-hydrogen) atoms. The number of rotatable bonds is 4. The zero-order valence-electron chi connectivity index (χ0n) is 27.4. The van der Waals surface area contributed by atoms with Crippen molar-refractivity contribution in [3.63, 3.8) is 0 Å². The highest BCUT2D eigenvalue weighted by atomic mass is 32.2. The maximum absolute atomic E-state index is 12.9. The number of anilines is 2. The van der Waals surface area contributed by atoms with Gasteiger partial charge in [0.25, 0.3) is 0 Å². The second-order valence-electron chi connectivity index (χ2n) is 13.6. The van der Waals surface area contributed by atoms with Crippen molar-refractivity contribution < 1.29 is 16.8 Å². The molecule has 0 bridgehead atoms. The third-order valence-electron chi connectivity index (χ3n) is 10.4. The number of hydrogen-bond acceptors (Lipinski definition) is 8.